The van der Waals surface area contributed by atoms with Gasteiger partial charge in [-0.15, -0.1) is 0 Å². The van der Waals surface area contributed by atoms with Gasteiger partial charge >= 0.3 is 0 Å². The molecule has 1 aliphatic rings. The predicted molar refractivity (Wildman–Crippen MR) is 123 cm³/mol. The van der Waals surface area contributed by atoms with E-state index in [4.69, 9.17) is 0 Å². The van der Waals surface area contributed by atoms with Crippen LogP contribution in [0.25, 0.3) is 0 Å². The van der Waals surface area contributed by atoms with Gasteiger partial charge in [-0.1, -0.05) is 30.0 Å². The standard InChI is InChI=1S/C25H25N3O2S/c1-16-8-11-21(13-17(16)2)31-25-22(7-4-12-26-25)24(30)27-15-18-5-3-6-20(14-18)28-23(29)19-9-10-19/h3-8,11-14,19H,9-10,15H2,1-2H3,(H,27,30)(H,28,29). The SMILES string of the molecule is Cc1ccc(Sc2ncccc2C(=O)NCc2cccc(NC(=O)C3CC3)c2)cc1C. The van der Waals surface area contributed by atoms with Crippen LogP contribution in [0.3, 0.4) is 0 Å². The largest absolute Gasteiger partial charge is 0.348 e. The van der Waals surface area contributed by atoms with Crippen LogP contribution in [-0.4, -0.2) is 16.8 Å². The van der Waals surface area contributed by atoms with Gasteiger partial charge < -0.3 is 10.6 Å². The highest BCUT2D eigenvalue weighted by Crippen LogP contribution is 2.31. The Kier molecular flexibility index (Phi) is 6.37. The number of anilines is 1. The van der Waals surface area contributed by atoms with Crippen molar-refractivity contribution >= 4 is 29.3 Å². The fraction of sp³-hybridized carbons (Fsp3) is 0.240. The highest BCUT2D eigenvalue weighted by Gasteiger charge is 2.29. The van der Waals surface area contributed by atoms with Gasteiger partial charge in [0.05, 0.1) is 5.56 Å². The normalized spacial score (nSPS) is 13.0. The first-order valence-electron chi connectivity index (χ1n) is 10.4. The molecule has 0 radical (unpaired) electrons. The zero-order valence-corrected chi connectivity index (χ0v) is 18.5. The number of aromatic nitrogens is 1. The monoisotopic (exact) mass is 431 g/mol. The molecule has 0 spiro atoms. The van der Waals surface area contributed by atoms with E-state index in [1.807, 2.05) is 30.3 Å². The van der Waals surface area contributed by atoms with Gasteiger partial charge in [-0.25, -0.2) is 4.98 Å². The Morgan fingerprint density at radius 3 is 2.65 bits per heavy atom. The van der Waals surface area contributed by atoms with Gasteiger partial charge in [-0.05, 0) is 79.8 Å². The van der Waals surface area contributed by atoms with Gasteiger partial charge in [-0.3, -0.25) is 9.59 Å². The number of hydrogen-bond donors (Lipinski definition) is 2. The third-order valence-electron chi connectivity index (χ3n) is 5.30. The highest BCUT2D eigenvalue weighted by atomic mass is 32.2. The Morgan fingerprint density at radius 2 is 1.87 bits per heavy atom. The van der Waals surface area contributed by atoms with Crippen molar-refractivity contribution in [2.24, 2.45) is 5.92 Å². The smallest absolute Gasteiger partial charge is 0.254 e. The maximum Gasteiger partial charge on any atom is 0.254 e. The average Bonchev–Trinajstić information content (AvgIpc) is 3.61. The van der Waals surface area contributed by atoms with Crippen LogP contribution in [0.1, 0.15) is 39.9 Å². The number of nitrogens with one attached hydrogen (secondary N) is 2. The zero-order valence-electron chi connectivity index (χ0n) is 17.6. The summed E-state index contributed by atoms with van der Waals surface area (Å²) < 4.78 is 0. The lowest BCUT2D eigenvalue weighted by molar-refractivity contribution is -0.117. The Balaban J connectivity index is 1.42. The Morgan fingerprint density at radius 1 is 1.03 bits per heavy atom. The van der Waals surface area contributed by atoms with Crippen molar-refractivity contribution < 1.29 is 9.59 Å². The van der Waals surface area contributed by atoms with Gasteiger partial charge in [0, 0.05) is 29.2 Å². The summed E-state index contributed by atoms with van der Waals surface area (Å²) >= 11 is 1.49. The van der Waals surface area contributed by atoms with E-state index in [-0.39, 0.29) is 17.7 Å². The highest BCUT2D eigenvalue weighted by molar-refractivity contribution is 7.99. The number of pyridine rings is 1. The topological polar surface area (TPSA) is 71.1 Å². The molecule has 1 heterocycles. The maximum absolute atomic E-state index is 12.9. The predicted octanol–water partition coefficient (Wildman–Crippen LogP) is 5.13. The van der Waals surface area contributed by atoms with E-state index in [2.05, 4.69) is 41.6 Å². The lowest BCUT2D eigenvalue weighted by Crippen LogP contribution is -2.23. The summed E-state index contributed by atoms with van der Waals surface area (Å²) in [4.78, 5) is 30.3. The first-order valence-corrected chi connectivity index (χ1v) is 11.2. The minimum Gasteiger partial charge on any atom is -0.348 e. The summed E-state index contributed by atoms with van der Waals surface area (Å²) in [6.07, 6.45) is 3.64. The van der Waals surface area contributed by atoms with Crippen LogP contribution in [-0.2, 0) is 11.3 Å². The van der Waals surface area contributed by atoms with E-state index in [1.165, 1.54) is 22.9 Å². The third-order valence-corrected chi connectivity index (χ3v) is 6.31. The number of carbonyl (C=O) groups is 2. The van der Waals surface area contributed by atoms with Crippen molar-refractivity contribution in [3.63, 3.8) is 0 Å². The number of nitrogens with zero attached hydrogens (tertiary/aromatic N) is 1. The quantitative estimate of drug-likeness (QED) is 0.544. The summed E-state index contributed by atoms with van der Waals surface area (Å²) in [5.74, 6) is 0.0542. The summed E-state index contributed by atoms with van der Waals surface area (Å²) in [6.45, 7) is 4.52. The molecule has 1 aromatic heterocycles. The Bertz CT molecular complexity index is 1130. The third kappa shape index (κ3) is 5.52. The summed E-state index contributed by atoms with van der Waals surface area (Å²) in [7, 11) is 0. The van der Waals surface area contributed by atoms with E-state index >= 15 is 0 Å². The lowest BCUT2D eigenvalue weighted by atomic mass is 10.1. The number of benzene rings is 2. The molecular formula is C25H25N3O2S. The molecule has 5 nitrogen and oxygen atoms in total. The second-order valence-electron chi connectivity index (χ2n) is 7.85. The molecule has 1 aliphatic carbocycles. The number of amides is 2. The van der Waals surface area contributed by atoms with Crippen molar-refractivity contribution in [2.75, 3.05) is 5.32 Å². The molecule has 2 N–H and O–H groups in total. The van der Waals surface area contributed by atoms with Crippen molar-refractivity contribution in [3.8, 4) is 0 Å². The minimum atomic E-state index is -0.174. The maximum atomic E-state index is 12.9. The number of carbonyl (C=O) groups excluding carboxylic acids is 2. The minimum absolute atomic E-state index is 0.0737. The van der Waals surface area contributed by atoms with E-state index in [9.17, 15) is 9.59 Å². The molecule has 158 valence electrons. The van der Waals surface area contributed by atoms with Crippen LogP contribution in [0, 0.1) is 19.8 Å². The van der Waals surface area contributed by atoms with E-state index < -0.39 is 0 Å². The Labute approximate surface area is 186 Å². The first-order chi connectivity index (χ1) is 15.0. The summed E-state index contributed by atoms with van der Waals surface area (Å²) in [5.41, 5.74) is 4.67. The molecule has 6 heteroatoms. The molecular weight excluding hydrogens is 406 g/mol. The van der Waals surface area contributed by atoms with E-state index in [0.717, 1.165) is 29.0 Å². The molecule has 0 unspecified atom stereocenters. The fourth-order valence-corrected chi connectivity index (χ4v) is 4.14. The van der Waals surface area contributed by atoms with Crippen LogP contribution in [0.15, 0.2) is 70.7 Å². The molecule has 4 rings (SSSR count). The van der Waals surface area contributed by atoms with Crippen LogP contribution in [0.2, 0.25) is 0 Å². The van der Waals surface area contributed by atoms with Gasteiger partial charge in [-0.2, -0.15) is 0 Å². The average molecular weight is 432 g/mol. The lowest BCUT2D eigenvalue weighted by Gasteiger charge is -2.11. The molecule has 3 aromatic rings. The molecule has 2 amide bonds. The summed E-state index contributed by atoms with van der Waals surface area (Å²) in [5, 5.41) is 6.59. The second-order valence-corrected chi connectivity index (χ2v) is 8.91. The van der Waals surface area contributed by atoms with Crippen LogP contribution >= 0.6 is 11.8 Å². The molecule has 0 aliphatic heterocycles. The van der Waals surface area contributed by atoms with Crippen LogP contribution in [0.4, 0.5) is 5.69 Å². The molecule has 0 saturated heterocycles. The van der Waals surface area contributed by atoms with Gasteiger partial charge in [0.1, 0.15) is 5.03 Å². The van der Waals surface area contributed by atoms with E-state index in [1.54, 1.807) is 18.3 Å². The fourth-order valence-electron chi connectivity index (χ4n) is 3.16. The molecule has 1 saturated carbocycles. The Hall–Kier alpha value is -3.12. The first kappa shape index (κ1) is 21.1. The van der Waals surface area contributed by atoms with E-state index in [0.29, 0.717) is 17.1 Å². The van der Waals surface area contributed by atoms with Gasteiger partial charge in [0.25, 0.3) is 5.91 Å². The zero-order chi connectivity index (χ0) is 21.8. The number of hydrogen-bond acceptors (Lipinski definition) is 4. The van der Waals surface area contributed by atoms with Crippen molar-refractivity contribution in [3.05, 3.63) is 83.0 Å². The van der Waals surface area contributed by atoms with Crippen molar-refractivity contribution in [1.29, 1.82) is 0 Å². The molecule has 0 atom stereocenters. The van der Waals surface area contributed by atoms with Crippen molar-refractivity contribution in [2.45, 2.75) is 43.2 Å². The second kappa shape index (κ2) is 9.35. The number of aryl methyl sites for hydroxylation is 2. The summed E-state index contributed by atoms with van der Waals surface area (Å²) in [6, 6.07) is 17.4. The van der Waals surface area contributed by atoms with Gasteiger partial charge in [0.2, 0.25) is 5.91 Å². The molecule has 1 fully saturated rings. The van der Waals surface area contributed by atoms with Gasteiger partial charge in [0.15, 0.2) is 0 Å². The molecule has 31 heavy (non-hydrogen) atoms. The molecule has 0 bridgehead atoms. The van der Waals surface area contributed by atoms with Crippen LogP contribution < -0.4 is 10.6 Å². The number of rotatable bonds is 7. The molecule has 2 aromatic carbocycles. The van der Waals surface area contributed by atoms with Crippen LogP contribution in [0.5, 0.6) is 0 Å². The van der Waals surface area contributed by atoms with Crippen molar-refractivity contribution in [1.82, 2.24) is 10.3 Å².